The Kier molecular flexibility index (Phi) is 7.58. The Hall–Kier alpha value is -0.860. The van der Waals surface area contributed by atoms with Gasteiger partial charge in [0.1, 0.15) is 0 Å². The molecule has 0 bridgehead atoms. The molecular formula is C20H34O2. The van der Waals surface area contributed by atoms with Crippen LogP contribution in [-0.2, 0) is 0 Å². The van der Waals surface area contributed by atoms with Gasteiger partial charge in [-0.05, 0) is 58.3 Å². The van der Waals surface area contributed by atoms with Crippen LogP contribution in [0.5, 0.6) is 0 Å². The Morgan fingerprint density at radius 1 is 1.18 bits per heavy atom. The summed E-state index contributed by atoms with van der Waals surface area (Å²) in [5, 5.41) is 20.7. The first-order valence-electron chi connectivity index (χ1n) is 8.62. The predicted molar refractivity (Wildman–Crippen MR) is 94.7 cm³/mol. The number of allylic oxidation sites excluding steroid dienone is 4. The maximum absolute atomic E-state index is 10.5. The average Bonchev–Trinajstić information content (AvgIpc) is 2.36. The molecular weight excluding hydrogens is 272 g/mol. The van der Waals surface area contributed by atoms with Gasteiger partial charge in [0, 0.05) is 6.42 Å². The summed E-state index contributed by atoms with van der Waals surface area (Å²) in [6.45, 7) is 10.5. The van der Waals surface area contributed by atoms with E-state index in [2.05, 4.69) is 39.8 Å². The zero-order chi connectivity index (χ0) is 16.8. The van der Waals surface area contributed by atoms with E-state index in [0.29, 0.717) is 18.3 Å². The van der Waals surface area contributed by atoms with Gasteiger partial charge < -0.3 is 10.2 Å². The summed E-state index contributed by atoms with van der Waals surface area (Å²) in [5.74, 6) is 1.02. The molecule has 0 aromatic carbocycles. The van der Waals surface area contributed by atoms with Gasteiger partial charge in [-0.3, -0.25) is 0 Å². The summed E-state index contributed by atoms with van der Waals surface area (Å²) in [4.78, 5) is 0. The van der Waals surface area contributed by atoms with Crippen molar-refractivity contribution in [1.82, 2.24) is 0 Å². The van der Waals surface area contributed by atoms with Crippen LogP contribution in [0.1, 0.15) is 66.7 Å². The molecule has 0 aromatic heterocycles. The fourth-order valence-corrected chi connectivity index (χ4v) is 2.99. The Morgan fingerprint density at radius 3 is 2.50 bits per heavy atom. The van der Waals surface area contributed by atoms with Crippen molar-refractivity contribution in [3.05, 3.63) is 35.5 Å². The van der Waals surface area contributed by atoms with Crippen molar-refractivity contribution in [1.29, 1.82) is 0 Å². The summed E-state index contributed by atoms with van der Waals surface area (Å²) in [7, 11) is 0. The molecule has 0 radical (unpaired) electrons. The number of aliphatic hydroxyl groups excluding tert-OH is 1. The fraction of sp³-hybridized carbons (Fsp3) is 0.700. The maximum atomic E-state index is 10.5. The Labute approximate surface area is 136 Å². The van der Waals surface area contributed by atoms with Crippen LogP contribution in [0.25, 0.3) is 0 Å². The molecule has 22 heavy (non-hydrogen) atoms. The zero-order valence-corrected chi connectivity index (χ0v) is 15.0. The molecule has 1 aliphatic rings. The Morgan fingerprint density at radius 2 is 1.86 bits per heavy atom. The van der Waals surface area contributed by atoms with E-state index in [-0.39, 0.29) is 0 Å². The molecule has 1 rings (SSSR count). The lowest BCUT2D eigenvalue weighted by atomic mass is 9.86. The molecule has 0 heterocycles. The molecule has 1 aliphatic carbocycles. The predicted octanol–water partition coefficient (Wildman–Crippen LogP) is 4.78. The van der Waals surface area contributed by atoms with Gasteiger partial charge in [-0.1, -0.05) is 49.3 Å². The van der Waals surface area contributed by atoms with Crippen LogP contribution in [0.2, 0.25) is 0 Å². The van der Waals surface area contributed by atoms with E-state index in [1.54, 1.807) is 6.92 Å². The second kappa shape index (κ2) is 8.69. The van der Waals surface area contributed by atoms with Crippen molar-refractivity contribution in [2.75, 3.05) is 0 Å². The van der Waals surface area contributed by atoms with Crippen molar-refractivity contribution in [2.24, 2.45) is 11.8 Å². The summed E-state index contributed by atoms with van der Waals surface area (Å²) >= 11 is 0. The number of aliphatic hydroxyl groups is 2. The molecule has 0 unspecified atom stereocenters. The minimum Gasteiger partial charge on any atom is -0.389 e. The molecule has 0 aliphatic heterocycles. The van der Waals surface area contributed by atoms with E-state index < -0.39 is 11.7 Å². The van der Waals surface area contributed by atoms with Gasteiger partial charge in [-0.25, -0.2) is 0 Å². The minimum absolute atomic E-state index is 0.348. The standard InChI is InChI=1S/C20H34O2/c1-15(2)18-10-9-16(3)7-6-8-17(4)13-19(21)14-20(5,22)12-11-18/h7,11-13,15,18-19,21-22H,6,8-10,14H2,1-5H3/b12-11+,16-7+,17-13-/t18-,19+,20-/m1/s1. The third-order valence-corrected chi connectivity index (χ3v) is 4.56. The van der Waals surface area contributed by atoms with Crippen LogP contribution in [0.4, 0.5) is 0 Å². The van der Waals surface area contributed by atoms with Crippen LogP contribution in [0, 0.1) is 11.8 Å². The van der Waals surface area contributed by atoms with Crippen molar-refractivity contribution in [2.45, 2.75) is 78.4 Å². The topological polar surface area (TPSA) is 40.5 Å². The SMILES string of the molecule is C/C1=C/[C@H](O)C[C@](C)(O)/C=C/[C@H](C(C)C)CC/C(C)=C/CC1. The van der Waals surface area contributed by atoms with Crippen molar-refractivity contribution < 1.29 is 10.2 Å². The normalized spacial score (nSPS) is 38.5. The number of hydrogen-bond donors (Lipinski definition) is 2. The molecule has 0 spiro atoms. The van der Waals surface area contributed by atoms with Gasteiger partial charge in [-0.15, -0.1) is 0 Å². The molecule has 2 N–H and O–H groups in total. The third-order valence-electron chi connectivity index (χ3n) is 4.56. The van der Waals surface area contributed by atoms with Crippen molar-refractivity contribution in [3.8, 4) is 0 Å². The van der Waals surface area contributed by atoms with Crippen LogP contribution >= 0.6 is 0 Å². The monoisotopic (exact) mass is 306 g/mol. The first-order chi connectivity index (χ1) is 10.2. The maximum Gasteiger partial charge on any atom is 0.0827 e. The minimum atomic E-state index is -0.960. The van der Waals surface area contributed by atoms with Gasteiger partial charge in [0.05, 0.1) is 11.7 Å². The first kappa shape index (κ1) is 19.2. The number of rotatable bonds is 1. The largest absolute Gasteiger partial charge is 0.389 e. The molecule has 3 atom stereocenters. The first-order valence-corrected chi connectivity index (χ1v) is 8.62. The molecule has 0 saturated carbocycles. The Balaban J connectivity index is 2.97. The van der Waals surface area contributed by atoms with Gasteiger partial charge in [0.25, 0.3) is 0 Å². The van der Waals surface area contributed by atoms with Crippen LogP contribution in [0.3, 0.4) is 0 Å². The van der Waals surface area contributed by atoms with Gasteiger partial charge in [-0.2, -0.15) is 0 Å². The highest BCUT2D eigenvalue weighted by molar-refractivity contribution is 5.10. The lowest BCUT2D eigenvalue weighted by Crippen LogP contribution is -2.27. The lowest BCUT2D eigenvalue weighted by Gasteiger charge is -2.24. The van der Waals surface area contributed by atoms with Crippen LogP contribution < -0.4 is 0 Å². The second-order valence-electron chi connectivity index (χ2n) is 7.54. The third kappa shape index (κ3) is 7.42. The number of hydrogen-bond acceptors (Lipinski definition) is 2. The van der Waals surface area contributed by atoms with Gasteiger partial charge >= 0.3 is 0 Å². The molecule has 0 saturated heterocycles. The van der Waals surface area contributed by atoms with Crippen LogP contribution in [-0.4, -0.2) is 21.9 Å². The molecule has 0 fully saturated rings. The van der Waals surface area contributed by atoms with E-state index in [9.17, 15) is 10.2 Å². The van der Waals surface area contributed by atoms with Crippen molar-refractivity contribution in [3.63, 3.8) is 0 Å². The van der Waals surface area contributed by atoms with E-state index in [1.807, 2.05) is 12.2 Å². The van der Waals surface area contributed by atoms with Crippen LogP contribution in [0.15, 0.2) is 35.5 Å². The van der Waals surface area contributed by atoms with Crippen molar-refractivity contribution >= 4 is 0 Å². The molecule has 2 nitrogen and oxygen atoms in total. The average molecular weight is 306 g/mol. The second-order valence-corrected chi connectivity index (χ2v) is 7.54. The molecule has 0 amide bonds. The quantitative estimate of drug-likeness (QED) is 0.684. The lowest BCUT2D eigenvalue weighted by molar-refractivity contribution is 0.0565. The van der Waals surface area contributed by atoms with E-state index in [4.69, 9.17) is 0 Å². The summed E-state index contributed by atoms with van der Waals surface area (Å²) in [6.07, 6.45) is 12.2. The van der Waals surface area contributed by atoms with Gasteiger partial charge in [0.2, 0.25) is 0 Å². The zero-order valence-electron chi connectivity index (χ0n) is 15.0. The Bertz CT molecular complexity index is 427. The van der Waals surface area contributed by atoms with E-state index in [0.717, 1.165) is 25.7 Å². The summed E-state index contributed by atoms with van der Waals surface area (Å²) in [6, 6.07) is 0. The van der Waals surface area contributed by atoms with Gasteiger partial charge in [0.15, 0.2) is 0 Å². The highest BCUT2D eigenvalue weighted by Crippen LogP contribution is 2.25. The van der Waals surface area contributed by atoms with E-state index >= 15 is 0 Å². The smallest absolute Gasteiger partial charge is 0.0827 e. The molecule has 2 heteroatoms. The fourth-order valence-electron chi connectivity index (χ4n) is 2.99. The molecule has 0 aromatic rings. The highest BCUT2D eigenvalue weighted by atomic mass is 16.3. The van der Waals surface area contributed by atoms with E-state index in [1.165, 1.54) is 11.1 Å². The summed E-state index contributed by atoms with van der Waals surface area (Å²) in [5.41, 5.74) is 1.67. The summed E-state index contributed by atoms with van der Waals surface area (Å²) < 4.78 is 0. The highest BCUT2D eigenvalue weighted by Gasteiger charge is 2.21. The molecule has 126 valence electrons.